The average Bonchev–Trinajstić information content (AvgIpc) is 2.57. The van der Waals surface area contributed by atoms with Crippen molar-refractivity contribution in [2.24, 2.45) is 0 Å². The van der Waals surface area contributed by atoms with Gasteiger partial charge in [0.1, 0.15) is 0 Å². The molecule has 24 heavy (non-hydrogen) atoms. The Kier molecular flexibility index (Phi) is 7.89. The van der Waals surface area contributed by atoms with Crippen LogP contribution < -0.4 is 16.0 Å². The molecule has 130 valence electrons. The van der Waals surface area contributed by atoms with Gasteiger partial charge < -0.3 is 16.0 Å². The van der Waals surface area contributed by atoms with Crippen molar-refractivity contribution >= 4 is 42.1 Å². The van der Waals surface area contributed by atoms with Gasteiger partial charge in [-0.1, -0.05) is 30.3 Å². The SMILES string of the molecule is Cl.Cl.Nc1ccccc1C(=O)NC1CCN(c2ccccc2)CC1. The molecule has 0 radical (unpaired) electrons. The van der Waals surface area contributed by atoms with Crippen LogP contribution in [0.1, 0.15) is 23.2 Å². The topological polar surface area (TPSA) is 58.4 Å². The number of nitrogen functional groups attached to an aromatic ring is 1. The van der Waals surface area contributed by atoms with Gasteiger partial charge >= 0.3 is 0 Å². The number of para-hydroxylation sites is 2. The summed E-state index contributed by atoms with van der Waals surface area (Å²) in [6.45, 7) is 1.92. The molecule has 4 nitrogen and oxygen atoms in total. The minimum atomic E-state index is -0.0729. The van der Waals surface area contributed by atoms with Crippen LogP contribution in [0.25, 0.3) is 0 Å². The maximum Gasteiger partial charge on any atom is 0.253 e. The first-order valence-electron chi connectivity index (χ1n) is 7.69. The van der Waals surface area contributed by atoms with Crippen LogP contribution in [0.5, 0.6) is 0 Å². The van der Waals surface area contributed by atoms with Gasteiger partial charge in [0.15, 0.2) is 0 Å². The van der Waals surface area contributed by atoms with E-state index in [0.29, 0.717) is 11.3 Å². The van der Waals surface area contributed by atoms with Crippen molar-refractivity contribution in [3.05, 3.63) is 60.2 Å². The third-order valence-electron chi connectivity index (χ3n) is 4.16. The Morgan fingerprint density at radius 3 is 2.17 bits per heavy atom. The predicted octanol–water partition coefficient (Wildman–Crippen LogP) is 3.51. The second-order valence-electron chi connectivity index (χ2n) is 5.66. The molecule has 1 amide bonds. The van der Waals surface area contributed by atoms with Crippen LogP contribution in [0, 0.1) is 0 Å². The number of carbonyl (C=O) groups excluding carboxylic acids is 1. The molecule has 6 heteroatoms. The number of hydrogen-bond donors (Lipinski definition) is 2. The molecule has 0 atom stereocenters. The molecule has 0 aromatic heterocycles. The number of piperidine rings is 1. The monoisotopic (exact) mass is 367 g/mol. The molecule has 3 N–H and O–H groups in total. The van der Waals surface area contributed by atoms with Crippen molar-refractivity contribution in [3.8, 4) is 0 Å². The zero-order valence-electron chi connectivity index (χ0n) is 13.4. The average molecular weight is 368 g/mol. The lowest BCUT2D eigenvalue weighted by Gasteiger charge is -2.34. The van der Waals surface area contributed by atoms with Gasteiger partial charge in [-0.15, -0.1) is 24.8 Å². The van der Waals surface area contributed by atoms with E-state index >= 15 is 0 Å². The minimum absolute atomic E-state index is 0. The van der Waals surface area contributed by atoms with Crippen molar-refractivity contribution in [2.75, 3.05) is 23.7 Å². The van der Waals surface area contributed by atoms with Gasteiger partial charge in [0, 0.05) is 30.5 Å². The molecular weight excluding hydrogens is 345 g/mol. The molecule has 1 heterocycles. The number of carbonyl (C=O) groups is 1. The van der Waals surface area contributed by atoms with Crippen molar-refractivity contribution in [1.82, 2.24) is 5.32 Å². The number of amides is 1. The molecule has 0 aliphatic carbocycles. The summed E-state index contributed by atoms with van der Waals surface area (Å²) in [6, 6.07) is 17.8. The summed E-state index contributed by atoms with van der Waals surface area (Å²) in [5.41, 5.74) is 8.20. The number of hydrogen-bond acceptors (Lipinski definition) is 3. The fourth-order valence-corrected chi connectivity index (χ4v) is 2.89. The summed E-state index contributed by atoms with van der Waals surface area (Å²) >= 11 is 0. The molecule has 1 saturated heterocycles. The fraction of sp³-hybridized carbons (Fsp3) is 0.278. The molecule has 1 aliphatic rings. The van der Waals surface area contributed by atoms with E-state index < -0.39 is 0 Å². The van der Waals surface area contributed by atoms with Crippen LogP contribution in [0.4, 0.5) is 11.4 Å². The lowest BCUT2D eigenvalue weighted by atomic mass is 10.0. The Morgan fingerprint density at radius 2 is 1.54 bits per heavy atom. The number of nitrogens with one attached hydrogen (secondary N) is 1. The van der Waals surface area contributed by atoms with Crippen LogP contribution in [0.3, 0.4) is 0 Å². The largest absolute Gasteiger partial charge is 0.398 e. The number of nitrogens with zero attached hydrogens (tertiary/aromatic N) is 1. The Hall–Kier alpha value is -1.91. The normalized spacial score (nSPS) is 14.2. The van der Waals surface area contributed by atoms with E-state index in [4.69, 9.17) is 5.73 Å². The summed E-state index contributed by atoms with van der Waals surface area (Å²) in [7, 11) is 0. The van der Waals surface area contributed by atoms with Crippen molar-refractivity contribution < 1.29 is 4.79 Å². The number of nitrogens with two attached hydrogens (primary N) is 1. The Bertz CT molecular complexity index is 644. The molecule has 0 saturated carbocycles. The third kappa shape index (κ3) is 4.79. The van der Waals surface area contributed by atoms with Crippen molar-refractivity contribution in [3.63, 3.8) is 0 Å². The van der Waals surface area contributed by atoms with Crippen LogP contribution >= 0.6 is 24.8 Å². The van der Waals surface area contributed by atoms with Gasteiger partial charge in [-0.05, 0) is 37.1 Å². The molecule has 1 fully saturated rings. The molecule has 0 unspecified atom stereocenters. The maximum absolute atomic E-state index is 12.3. The highest BCUT2D eigenvalue weighted by molar-refractivity contribution is 5.99. The maximum atomic E-state index is 12.3. The van der Waals surface area contributed by atoms with Gasteiger partial charge in [-0.25, -0.2) is 0 Å². The highest BCUT2D eigenvalue weighted by Gasteiger charge is 2.21. The van der Waals surface area contributed by atoms with Crippen LogP contribution in [0.15, 0.2) is 54.6 Å². The molecule has 2 aromatic rings. The molecule has 0 spiro atoms. The zero-order valence-corrected chi connectivity index (χ0v) is 15.0. The van der Waals surface area contributed by atoms with Crippen LogP contribution in [0.2, 0.25) is 0 Å². The smallest absolute Gasteiger partial charge is 0.253 e. The van der Waals surface area contributed by atoms with Gasteiger partial charge in [-0.3, -0.25) is 4.79 Å². The standard InChI is InChI=1S/C18H21N3O.2ClH/c19-17-9-5-4-8-16(17)18(22)20-14-10-12-21(13-11-14)15-6-2-1-3-7-15;;/h1-9,14H,10-13,19H2,(H,20,22);2*1H. The lowest BCUT2D eigenvalue weighted by molar-refractivity contribution is 0.0932. The van der Waals surface area contributed by atoms with Gasteiger partial charge in [-0.2, -0.15) is 0 Å². The van der Waals surface area contributed by atoms with Crippen molar-refractivity contribution in [1.29, 1.82) is 0 Å². The number of benzene rings is 2. The minimum Gasteiger partial charge on any atom is -0.398 e. The first kappa shape index (κ1) is 20.1. The quantitative estimate of drug-likeness (QED) is 0.816. The molecular formula is C18H23Cl2N3O. The van der Waals surface area contributed by atoms with E-state index in [1.807, 2.05) is 18.2 Å². The molecule has 3 rings (SSSR count). The van der Waals surface area contributed by atoms with E-state index in [9.17, 15) is 4.79 Å². The highest BCUT2D eigenvalue weighted by atomic mass is 35.5. The predicted molar refractivity (Wildman–Crippen MR) is 104 cm³/mol. The number of anilines is 2. The summed E-state index contributed by atoms with van der Waals surface area (Å²) in [6.07, 6.45) is 1.90. The first-order chi connectivity index (χ1) is 10.7. The van der Waals surface area contributed by atoms with E-state index in [1.54, 1.807) is 12.1 Å². The van der Waals surface area contributed by atoms with E-state index in [-0.39, 0.29) is 36.8 Å². The number of rotatable bonds is 3. The van der Waals surface area contributed by atoms with Gasteiger partial charge in [0.25, 0.3) is 5.91 Å². The second kappa shape index (κ2) is 9.40. The van der Waals surface area contributed by atoms with Gasteiger partial charge in [0.2, 0.25) is 0 Å². The van der Waals surface area contributed by atoms with Crippen molar-refractivity contribution in [2.45, 2.75) is 18.9 Å². The fourth-order valence-electron chi connectivity index (χ4n) is 2.89. The first-order valence-corrected chi connectivity index (χ1v) is 7.69. The van der Waals surface area contributed by atoms with Crippen LogP contribution in [-0.2, 0) is 0 Å². The third-order valence-corrected chi connectivity index (χ3v) is 4.16. The Morgan fingerprint density at radius 1 is 0.958 bits per heavy atom. The van der Waals surface area contributed by atoms with E-state index in [0.717, 1.165) is 25.9 Å². The van der Waals surface area contributed by atoms with Crippen LogP contribution in [-0.4, -0.2) is 25.0 Å². The Balaban J connectivity index is 0.00000144. The molecule has 1 aliphatic heterocycles. The zero-order chi connectivity index (χ0) is 15.4. The highest BCUT2D eigenvalue weighted by Crippen LogP contribution is 2.20. The summed E-state index contributed by atoms with van der Waals surface area (Å²) in [5, 5.41) is 3.10. The number of halogens is 2. The summed E-state index contributed by atoms with van der Waals surface area (Å²) in [4.78, 5) is 14.6. The second-order valence-corrected chi connectivity index (χ2v) is 5.66. The Labute approximate surface area is 155 Å². The molecule has 2 aromatic carbocycles. The summed E-state index contributed by atoms with van der Waals surface area (Å²) in [5.74, 6) is -0.0729. The summed E-state index contributed by atoms with van der Waals surface area (Å²) < 4.78 is 0. The molecule has 0 bridgehead atoms. The van der Waals surface area contributed by atoms with E-state index in [2.05, 4.69) is 34.5 Å². The lowest BCUT2D eigenvalue weighted by Crippen LogP contribution is -2.44. The van der Waals surface area contributed by atoms with Gasteiger partial charge in [0.05, 0.1) is 5.56 Å². The van der Waals surface area contributed by atoms with E-state index in [1.165, 1.54) is 5.69 Å².